The number of methoxy groups -OCH3 is 1. The molecule has 1 amide bonds. The number of hydrogen-bond acceptors (Lipinski definition) is 7. The van der Waals surface area contributed by atoms with Crippen molar-refractivity contribution in [3.8, 4) is 11.8 Å². The summed E-state index contributed by atoms with van der Waals surface area (Å²) in [6.45, 7) is 0.826. The van der Waals surface area contributed by atoms with Gasteiger partial charge in [0.25, 0.3) is 11.6 Å². The van der Waals surface area contributed by atoms with Crippen LogP contribution in [0, 0.1) is 10.1 Å². The van der Waals surface area contributed by atoms with Crippen LogP contribution in [0.3, 0.4) is 0 Å². The zero-order valence-electron chi connectivity index (χ0n) is 13.8. The molecule has 0 aliphatic carbocycles. The van der Waals surface area contributed by atoms with Crippen molar-refractivity contribution in [1.29, 1.82) is 0 Å². The first kappa shape index (κ1) is 17.9. The van der Waals surface area contributed by atoms with Crippen LogP contribution in [-0.2, 0) is 0 Å². The fourth-order valence-electron chi connectivity index (χ4n) is 2.63. The van der Waals surface area contributed by atoms with Gasteiger partial charge in [-0.05, 0) is 12.1 Å². The number of aromatic nitrogens is 2. The number of ether oxygens (including phenoxy) is 2. The van der Waals surface area contributed by atoms with Gasteiger partial charge in [0.2, 0.25) is 11.8 Å². The number of carbonyl (C=O) groups is 1. The molecule has 1 aromatic carbocycles. The Hall–Kier alpha value is -2.94. The molecule has 2 heterocycles. The standard InChI is InChI=1S/C16H15ClN4O5/c1-25-14-4-5-15(19-18-14)26-11-6-7-20(9-11)16(22)10-2-3-12(17)13(8-10)21(23)24/h2-5,8,11H,6-7,9H2,1H3. The second-order valence-corrected chi connectivity index (χ2v) is 6.02. The first-order valence-corrected chi connectivity index (χ1v) is 8.13. The highest BCUT2D eigenvalue weighted by atomic mass is 35.5. The van der Waals surface area contributed by atoms with E-state index in [1.165, 1.54) is 25.3 Å². The summed E-state index contributed by atoms with van der Waals surface area (Å²) in [7, 11) is 1.49. The van der Waals surface area contributed by atoms with E-state index in [4.69, 9.17) is 21.1 Å². The third-order valence-corrected chi connectivity index (χ3v) is 4.25. The number of amides is 1. The second kappa shape index (κ2) is 7.52. The predicted molar refractivity (Wildman–Crippen MR) is 91.6 cm³/mol. The topological polar surface area (TPSA) is 108 Å². The van der Waals surface area contributed by atoms with Gasteiger partial charge in [-0.3, -0.25) is 14.9 Å². The molecule has 1 aliphatic rings. The van der Waals surface area contributed by atoms with Gasteiger partial charge in [0.1, 0.15) is 11.1 Å². The molecule has 1 aromatic heterocycles. The Balaban J connectivity index is 1.65. The Morgan fingerprint density at radius 2 is 2.04 bits per heavy atom. The molecular formula is C16H15ClN4O5. The van der Waals surface area contributed by atoms with Crippen LogP contribution in [0.4, 0.5) is 5.69 Å². The third kappa shape index (κ3) is 3.83. The number of hydrogen-bond donors (Lipinski definition) is 0. The van der Waals surface area contributed by atoms with E-state index in [1.54, 1.807) is 17.0 Å². The smallest absolute Gasteiger partial charge is 0.288 e. The van der Waals surface area contributed by atoms with Crippen LogP contribution >= 0.6 is 11.6 Å². The van der Waals surface area contributed by atoms with Crippen LogP contribution in [0.2, 0.25) is 5.02 Å². The summed E-state index contributed by atoms with van der Waals surface area (Å²) >= 11 is 5.78. The molecule has 3 rings (SSSR count). The quantitative estimate of drug-likeness (QED) is 0.580. The summed E-state index contributed by atoms with van der Waals surface area (Å²) < 4.78 is 10.7. The number of likely N-dealkylation sites (tertiary alicyclic amines) is 1. The van der Waals surface area contributed by atoms with Gasteiger partial charge in [-0.25, -0.2) is 0 Å². The Bertz CT molecular complexity index is 830. The molecule has 0 radical (unpaired) electrons. The molecule has 136 valence electrons. The van der Waals surface area contributed by atoms with Crippen LogP contribution in [-0.4, -0.2) is 52.2 Å². The first-order chi connectivity index (χ1) is 12.5. The normalized spacial score (nSPS) is 16.4. The number of benzene rings is 1. The number of nitro groups is 1. The van der Waals surface area contributed by atoms with Crippen molar-refractivity contribution in [2.75, 3.05) is 20.2 Å². The zero-order valence-corrected chi connectivity index (χ0v) is 14.5. The summed E-state index contributed by atoms with van der Waals surface area (Å²) in [5, 5.41) is 18.7. The molecule has 1 saturated heterocycles. The highest BCUT2D eigenvalue weighted by molar-refractivity contribution is 6.32. The largest absolute Gasteiger partial charge is 0.480 e. The molecule has 0 bridgehead atoms. The van der Waals surface area contributed by atoms with Crippen LogP contribution < -0.4 is 9.47 Å². The lowest BCUT2D eigenvalue weighted by Crippen LogP contribution is -2.31. The minimum atomic E-state index is -0.614. The van der Waals surface area contributed by atoms with Crippen LogP contribution in [0.25, 0.3) is 0 Å². The average molecular weight is 379 g/mol. The third-order valence-electron chi connectivity index (χ3n) is 3.93. The van der Waals surface area contributed by atoms with E-state index in [2.05, 4.69) is 10.2 Å². The van der Waals surface area contributed by atoms with Gasteiger partial charge in [0.05, 0.1) is 18.6 Å². The molecular weight excluding hydrogens is 364 g/mol. The summed E-state index contributed by atoms with van der Waals surface area (Å²) in [5.74, 6) is 0.411. The van der Waals surface area contributed by atoms with Gasteiger partial charge in [0.15, 0.2) is 0 Å². The number of nitrogens with zero attached hydrogens (tertiary/aromatic N) is 4. The van der Waals surface area contributed by atoms with E-state index in [0.29, 0.717) is 31.3 Å². The molecule has 0 saturated carbocycles. The fourth-order valence-corrected chi connectivity index (χ4v) is 2.81. The minimum absolute atomic E-state index is 0.00716. The highest BCUT2D eigenvalue weighted by Crippen LogP contribution is 2.26. The van der Waals surface area contributed by atoms with Gasteiger partial charge in [-0.2, -0.15) is 0 Å². The lowest BCUT2D eigenvalue weighted by molar-refractivity contribution is -0.384. The molecule has 26 heavy (non-hydrogen) atoms. The molecule has 1 aliphatic heterocycles. The van der Waals surface area contributed by atoms with E-state index in [9.17, 15) is 14.9 Å². The minimum Gasteiger partial charge on any atom is -0.480 e. The van der Waals surface area contributed by atoms with Gasteiger partial charge in [0, 0.05) is 36.7 Å². The zero-order chi connectivity index (χ0) is 18.7. The van der Waals surface area contributed by atoms with Crippen molar-refractivity contribution in [2.24, 2.45) is 0 Å². The number of rotatable bonds is 5. The van der Waals surface area contributed by atoms with Crippen LogP contribution in [0.5, 0.6) is 11.8 Å². The number of halogens is 1. The Morgan fingerprint density at radius 3 is 2.69 bits per heavy atom. The highest BCUT2D eigenvalue weighted by Gasteiger charge is 2.29. The molecule has 9 nitrogen and oxygen atoms in total. The maximum absolute atomic E-state index is 12.6. The lowest BCUT2D eigenvalue weighted by Gasteiger charge is -2.17. The number of carbonyl (C=O) groups excluding carboxylic acids is 1. The first-order valence-electron chi connectivity index (χ1n) is 7.75. The van der Waals surface area contributed by atoms with Gasteiger partial charge in [-0.1, -0.05) is 11.6 Å². The Kier molecular flexibility index (Phi) is 5.17. The van der Waals surface area contributed by atoms with Crippen molar-refractivity contribution in [3.63, 3.8) is 0 Å². The molecule has 2 aromatic rings. The van der Waals surface area contributed by atoms with Crippen molar-refractivity contribution < 1.29 is 19.2 Å². The monoisotopic (exact) mass is 378 g/mol. The van der Waals surface area contributed by atoms with Crippen molar-refractivity contribution in [1.82, 2.24) is 15.1 Å². The summed E-state index contributed by atoms with van der Waals surface area (Å²) in [5.41, 5.74) is -0.0796. The molecule has 1 unspecified atom stereocenters. The maximum Gasteiger partial charge on any atom is 0.288 e. The summed E-state index contributed by atoms with van der Waals surface area (Å²) in [6.07, 6.45) is 0.388. The molecule has 10 heteroatoms. The Labute approximate surface area is 153 Å². The van der Waals surface area contributed by atoms with Gasteiger partial charge >= 0.3 is 0 Å². The van der Waals surface area contributed by atoms with E-state index in [-0.39, 0.29) is 28.3 Å². The van der Waals surface area contributed by atoms with E-state index < -0.39 is 4.92 Å². The van der Waals surface area contributed by atoms with Crippen molar-refractivity contribution in [3.05, 3.63) is 51.0 Å². The SMILES string of the molecule is COc1ccc(OC2CCN(C(=O)c3ccc(Cl)c([N+](=O)[O-])c3)C2)nn1. The molecule has 0 spiro atoms. The van der Waals surface area contributed by atoms with E-state index >= 15 is 0 Å². The summed E-state index contributed by atoms with van der Waals surface area (Å²) in [6, 6.07) is 7.28. The van der Waals surface area contributed by atoms with E-state index in [1.807, 2.05) is 0 Å². The second-order valence-electron chi connectivity index (χ2n) is 5.62. The average Bonchev–Trinajstić information content (AvgIpc) is 3.10. The predicted octanol–water partition coefficient (Wildman–Crippen LogP) is 2.34. The Morgan fingerprint density at radius 1 is 1.31 bits per heavy atom. The van der Waals surface area contributed by atoms with E-state index in [0.717, 1.165) is 0 Å². The van der Waals surface area contributed by atoms with Gasteiger partial charge in [-0.15, -0.1) is 10.2 Å². The van der Waals surface area contributed by atoms with Crippen LogP contribution in [0.15, 0.2) is 30.3 Å². The van der Waals surface area contributed by atoms with Crippen molar-refractivity contribution >= 4 is 23.2 Å². The molecule has 0 N–H and O–H groups in total. The van der Waals surface area contributed by atoms with Gasteiger partial charge < -0.3 is 14.4 Å². The summed E-state index contributed by atoms with van der Waals surface area (Å²) in [4.78, 5) is 24.5. The fraction of sp³-hybridized carbons (Fsp3) is 0.312. The molecule has 1 fully saturated rings. The lowest BCUT2D eigenvalue weighted by atomic mass is 10.2. The number of nitro benzene ring substituents is 1. The van der Waals surface area contributed by atoms with Crippen molar-refractivity contribution in [2.45, 2.75) is 12.5 Å². The maximum atomic E-state index is 12.6. The molecule has 1 atom stereocenters. The van der Waals surface area contributed by atoms with Crippen LogP contribution in [0.1, 0.15) is 16.8 Å².